The SMILES string of the molecule is CC(C)OCC(N)c1noc(-c2ccc(Cl)cc2Cl)n1. The van der Waals surface area contributed by atoms with Crippen LogP contribution in [0, 0.1) is 0 Å². The summed E-state index contributed by atoms with van der Waals surface area (Å²) in [6.45, 7) is 4.19. The molecule has 0 spiro atoms. The van der Waals surface area contributed by atoms with E-state index in [1.165, 1.54) is 0 Å². The fraction of sp³-hybridized carbons (Fsp3) is 0.385. The Morgan fingerprint density at radius 2 is 2.10 bits per heavy atom. The van der Waals surface area contributed by atoms with Gasteiger partial charge in [-0.05, 0) is 32.0 Å². The summed E-state index contributed by atoms with van der Waals surface area (Å²) in [5, 5.41) is 4.84. The molecule has 0 amide bonds. The van der Waals surface area contributed by atoms with Gasteiger partial charge in [0.2, 0.25) is 0 Å². The van der Waals surface area contributed by atoms with Gasteiger partial charge in [-0.3, -0.25) is 0 Å². The van der Waals surface area contributed by atoms with E-state index >= 15 is 0 Å². The van der Waals surface area contributed by atoms with Gasteiger partial charge in [0, 0.05) is 5.02 Å². The van der Waals surface area contributed by atoms with Gasteiger partial charge in [-0.2, -0.15) is 4.98 Å². The third-order valence-electron chi connectivity index (χ3n) is 2.54. The lowest BCUT2D eigenvalue weighted by Crippen LogP contribution is -2.20. The largest absolute Gasteiger partial charge is 0.377 e. The number of benzene rings is 1. The van der Waals surface area contributed by atoms with Gasteiger partial charge in [-0.15, -0.1) is 0 Å². The van der Waals surface area contributed by atoms with E-state index < -0.39 is 6.04 Å². The van der Waals surface area contributed by atoms with Crippen LogP contribution in [0.3, 0.4) is 0 Å². The minimum Gasteiger partial charge on any atom is -0.377 e. The highest BCUT2D eigenvalue weighted by molar-refractivity contribution is 6.36. The van der Waals surface area contributed by atoms with E-state index in [0.717, 1.165) is 0 Å². The minimum absolute atomic E-state index is 0.0955. The predicted octanol–water partition coefficient (Wildman–Crippen LogP) is 3.47. The normalized spacial score (nSPS) is 12.9. The number of aromatic nitrogens is 2. The monoisotopic (exact) mass is 315 g/mol. The standard InChI is InChI=1S/C13H15Cl2N3O2/c1-7(2)19-6-11(16)12-17-13(20-18-12)9-4-3-8(14)5-10(9)15/h3-5,7,11H,6,16H2,1-2H3. The van der Waals surface area contributed by atoms with E-state index in [-0.39, 0.29) is 6.10 Å². The van der Waals surface area contributed by atoms with Crippen LogP contribution < -0.4 is 5.73 Å². The maximum Gasteiger partial charge on any atom is 0.259 e. The second-order valence-electron chi connectivity index (χ2n) is 4.57. The molecule has 0 saturated carbocycles. The molecule has 1 unspecified atom stereocenters. The third-order valence-corrected chi connectivity index (χ3v) is 3.09. The van der Waals surface area contributed by atoms with Gasteiger partial charge >= 0.3 is 0 Å². The van der Waals surface area contributed by atoms with Gasteiger partial charge in [0.1, 0.15) is 0 Å². The minimum atomic E-state index is -0.444. The molecule has 2 N–H and O–H groups in total. The molecule has 20 heavy (non-hydrogen) atoms. The number of halogens is 2. The molecule has 1 atom stereocenters. The Labute approximate surface area is 127 Å². The number of rotatable bonds is 5. The molecule has 0 fully saturated rings. The Balaban J connectivity index is 2.16. The molecule has 0 aliphatic rings. The summed E-state index contributed by atoms with van der Waals surface area (Å²) in [5.41, 5.74) is 6.55. The quantitative estimate of drug-likeness (QED) is 0.914. The van der Waals surface area contributed by atoms with Crippen molar-refractivity contribution in [3.05, 3.63) is 34.1 Å². The number of hydrogen-bond donors (Lipinski definition) is 1. The summed E-state index contributed by atoms with van der Waals surface area (Å²) in [7, 11) is 0. The van der Waals surface area contributed by atoms with Gasteiger partial charge in [0.25, 0.3) is 5.89 Å². The molecule has 0 saturated heterocycles. The average molecular weight is 316 g/mol. The van der Waals surface area contributed by atoms with E-state index in [2.05, 4.69) is 10.1 Å². The fourth-order valence-corrected chi connectivity index (χ4v) is 2.02. The van der Waals surface area contributed by atoms with Crippen LogP contribution in [0.5, 0.6) is 0 Å². The molecule has 5 nitrogen and oxygen atoms in total. The Morgan fingerprint density at radius 3 is 2.75 bits per heavy atom. The Hall–Kier alpha value is -1.14. The Bertz CT molecular complexity index is 587. The molecule has 0 radical (unpaired) electrons. The van der Waals surface area contributed by atoms with E-state index in [9.17, 15) is 0 Å². The molecular formula is C13H15Cl2N3O2. The van der Waals surface area contributed by atoms with Crippen molar-refractivity contribution >= 4 is 23.2 Å². The smallest absolute Gasteiger partial charge is 0.259 e. The molecule has 108 valence electrons. The van der Waals surface area contributed by atoms with Gasteiger partial charge < -0.3 is 15.0 Å². The summed E-state index contributed by atoms with van der Waals surface area (Å²) in [6, 6.07) is 4.59. The van der Waals surface area contributed by atoms with Gasteiger partial charge in [0.05, 0.1) is 29.3 Å². The predicted molar refractivity (Wildman–Crippen MR) is 77.8 cm³/mol. The first-order valence-corrected chi connectivity index (χ1v) is 6.89. The topological polar surface area (TPSA) is 74.2 Å². The first-order valence-electron chi connectivity index (χ1n) is 6.13. The Morgan fingerprint density at radius 1 is 1.35 bits per heavy atom. The second kappa shape index (κ2) is 6.54. The zero-order chi connectivity index (χ0) is 14.7. The number of hydrogen-bond acceptors (Lipinski definition) is 5. The van der Waals surface area contributed by atoms with Crippen LogP contribution in [-0.2, 0) is 4.74 Å². The van der Waals surface area contributed by atoms with Crippen LogP contribution in [0.25, 0.3) is 11.5 Å². The van der Waals surface area contributed by atoms with E-state index in [1.807, 2.05) is 13.8 Å². The Kier molecular flexibility index (Phi) is 4.99. The van der Waals surface area contributed by atoms with Crippen molar-refractivity contribution in [2.24, 2.45) is 5.73 Å². The summed E-state index contributed by atoms with van der Waals surface area (Å²) in [4.78, 5) is 4.24. The average Bonchev–Trinajstić information content (AvgIpc) is 2.85. The lowest BCUT2D eigenvalue weighted by Gasteiger charge is -2.10. The van der Waals surface area contributed by atoms with Gasteiger partial charge in [0.15, 0.2) is 5.82 Å². The molecule has 1 aromatic carbocycles. The summed E-state index contributed by atoms with van der Waals surface area (Å²) < 4.78 is 10.6. The first kappa shape index (κ1) is 15.3. The molecule has 2 rings (SSSR count). The van der Waals surface area contributed by atoms with Crippen LogP contribution in [0.15, 0.2) is 22.7 Å². The zero-order valence-corrected chi connectivity index (χ0v) is 12.6. The van der Waals surface area contributed by atoms with Crippen molar-refractivity contribution < 1.29 is 9.26 Å². The van der Waals surface area contributed by atoms with Crippen LogP contribution in [0.1, 0.15) is 25.7 Å². The van der Waals surface area contributed by atoms with Crippen molar-refractivity contribution in [3.63, 3.8) is 0 Å². The van der Waals surface area contributed by atoms with E-state index in [1.54, 1.807) is 18.2 Å². The molecule has 0 aliphatic carbocycles. The summed E-state index contributed by atoms with van der Waals surface area (Å²) >= 11 is 11.9. The molecular weight excluding hydrogens is 301 g/mol. The van der Waals surface area contributed by atoms with Crippen molar-refractivity contribution in [1.29, 1.82) is 0 Å². The zero-order valence-electron chi connectivity index (χ0n) is 11.1. The highest BCUT2D eigenvalue weighted by Crippen LogP contribution is 2.29. The van der Waals surface area contributed by atoms with E-state index in [4.69, 9.17) is 38.2 Å². The summed E-state index contributed by atoms with van der Waals surface area (Å²) in [6.07, 6.45) is 0.0955. The summed E-state index contributed by atoms with van der Waals surface area (Å²) in [5.74, 6) is 0.688. The lowest BCUT2D eigenvalue weighted by atomic mass is 10.2. The van der Waals surface area contributed by atoms with Crippen LogP contribution in [-0.4, -0.2) is 22.9 Å². The van der Waals surface area contributed by atoms with Crippen LogP contribution in [0.2, 0.25) is 10.0 Å². The second-order valence-corrected chi connectivity index (χ2v) is 5.41. The molecule has 0 bridgehead atoms. The molecule has 1 heterocycles. The molecule has 0 aliphatic heterocycles. The molecule has 1 aromatic heterocycles. The molecule has 7 heteroatoms. The first-order chi connectivity index (χ1) is 9.47. The maximum absolute atomic E-state index is 6.09. The fourth-order valence-electron chi connectivity index (χ4n) is 1.53. The highest BCUT2D eigenvalue weighted by atomic mass is 35.5. The molecule has 2 aromatic rings. The number of nitrogens with zero attached hydrogens (tertiary/aromatic N) is 2. The third kappa shape index (κ3) is 3.70. The highest BCUT2D eigenvalue weighted by Gasteiger charge is 2.17. The number of ether oxygens (including phenoxy) is 1. The van der Waals surface area contributed by atoms with E-state index in [0.29, 0.717) is 33.9 Å². The van der Waals surface area contributed by atoms with Crippen LogP contribution in [0.4, 0.5) is 0 Å². The lowest BCUT2D eigenvalue weighted by molar-refractivity contribution is 0.0665. The van der Waals surface area contributed by atoms with Gasteiger partial charge in [-0.1, -0.05) is 28.4 Å². The van der Waals surface area contributed by atoms with Crippen LogP contribution >= 0.6 is 23.2 Å². The number of nitrogens with two attached hydrogens (primary N) is 1. The van der Waals surface area contributed by atoms with Crippen molar-refractivity contribution in [2.45, 2.75) is 26.0 Å². The van der Waals surface area contributed by atoms with Crippen molar-refractivity contribution in [3.8, 4) is 11.5 Å². The van der Waals surface area contributed by atoms with Crippen molar-refractivity contribution in [1.82, 2.24) is 10.1 Å². The van der Waals surface area contributed by atoms with Crippen molar-refractivity contribution in [2.75, 3.05) is 6.61 Å². The van der Waals surface area contributed by atoms with Gasteiger partial charge in [-0.25, -0.2) is 0 Å². The maximum atomic E-state index is 6.09.